The maximum Gasteiger partial charge on any atom is 0.261 e. The maximum absolute atomic E-state index is 12.6. The van der Waals surface area contributed by atoms with E-state index in [1.165, 1.54) is 24.3 Å². The molecular formula is C22H22N2O3S. The van der Waals surface area contributed by atoms with Crippen LogP contribution in [0, 0.1) is 6.92 Å². The molecule has 144 valence electrons. The van der Waals surface area contributed by atoms with Crippen molar-refractivity contribution in [3.63, 3.8) is 0 Å². The number of sulfonamides is 1. The van der Waals surface area contributed by atoms with Crippen LogP contribution in [0.5, 0.6) is 0 Å². The molecule has 0 aliphatic rings. The number of amides is 1. The van der Waals surface area contributed by atoms with Crippen LogP contribution in [-0.2, 0) is 16.4 Å². The van der Waals surface area contributed by atoms with Crippen LogP contribution in [0.4, 0.5) is 11.4 Å². The van der Waals surface area contributed by atoms with Gasteiger partial charge in [-0.05, 0) is 60.9 Å². The Bertz CT molecular complexity index is 1090. The monoisotopic (exact) mass is 394 g/mol. The molecule has 0 unspecified atom stereocenters. The Labute approximate surface area is 165 Å². The van der Waals surface area contributed by atoms with Crippen molar-refractivity contribution in [1.82, 2.24) is 0 Å². The lowest BCUT2D eigenvalue weighted by atomic mass is 10.1. The van der Waals surface area contributed by atoms with Crippen LogP contribution in [0.3, 0.4) is 0 Å². The minimum absolute atomic E-state index is 0.0984. The molecule has 0 radical (unpaired) electrons. The Kier molecular flexibility index (Phi) is 5.80. The fourth-order valence-electron chi connectivity index (χ4n) is 2.82. The average molecular weight is 394 g/mol. The molecule has 0 saturated carbocycles. The summed E-state index contributed by atoms with van der Waals surface area (Å²) in [7, 11) is -3.73. The third-order valence-electron chi connectivity index (χ3n) is 4.46. The Hall–Kier alpha value is -3.12. The van der Waals surface area contributed by atoms with Crippen LogP contribution in [0.1, 0.15) is 28.4 Å². The van der Waals surface area contributed by atoms with Gasteiger partial charge in [0.15, 0.2) is 0 Å². The minimum Gasteiger partial charge on any atom is -0.322 e. The van der Waals surface area contributed by atoms with Crippen LogP contribution in [0.15, 0.2) is 77.7 Å². The number of aryl methyl sites for hydroxylation is 2. The predicted octanol–water partition coefficient (Wildman–Crippen LogP) is 4.61. The van der Waals surface area contributed by atoms with Gasteiger partial charge in [-0.3, -0.25) is 9.52 Å². The van der Waals surface area contributed by atoms with E-state index in [4.69, 9.17) is 0 Å². The second kappa shape index (κ2) is 8.27. The van der Waals surface area contributed by atoms with Crippen LogP contribution < -0.4 is 10.0 Å². The number of benzene rings is 3. The van der Waals surface area contributed by atoms with Gasteiger partial charge >= 0.3 is 0 Å². The van der Waals surface area contributed by atoms with E-state index in [9.17, 15) is 13.2 Å². The summed E-state index contributed by atoms with van der Waals surface area (Å²) < 4.78 is 27.8. The van der Waals surface area contributed by atoms with Gasteiger partial charge in [-0.15, -0.1) is 0 Å². The highest BCUT2D eigenvalue weighted by molar-refractivity contribution is 7.92. The second-order valence-electron chi connectivity index (χ2n) is 6.41. The number of rotatable bonds is 6. The molecule has 0 saturated heterocycles. The first kappa shape index (κ1) is 19.6. The maximum atomic E-state index is 12.6. The molecule has 2 N–H and O–H groups in total. The smallest absolute Gasteiger partial charge is 0.261 e. The third-order valence-corrected chi connectivity index (χ3v) is 5.84. The van der Waals surface area contributed by atoms with Gasteiger partial charge in [0, 0.05) is 11.3 Å². The number of para-hydroxylation sites is 2. The minimum atomic E-state index is -3.73. The number of carbonyl (C=O) groups is 1. The van der Waals surface area contributed by atoms with Crippen molar-refractivity contribution in [2.24, 2.45) is 0 Å². The van der Waals surface area contributed by atoms with Crippen molar-refractivity contribution in [2.45, 2.75) is 25.2 Å². The second-order valence-corrected chi connectivity index (χ2v) is 8.09. The SMILES string of the molecule is CCc1ccccc1NC(=O)c1ccc(S(=O)(=O)Nc2ccccc2C)cc1. The summed E-state index contributed by atoms with van der Waals surface area (Å²) in [6.07, 6.45) is 0.804. The largest absolute Gasteiger partial charge is 0.322 e. The van der Waals surface area contributed by atoms with Gasteiger partial charge in [0.05, 0.1) is 10.6 Å². The standard InChI is InChI=1S/C22H22N2O3S/c1-3-17-9-5-7-11-21(17)23-22(25)18-12-14-19(15-13-18)28(26,27)24-20-10-6-4-8-16(20)2/h4-15,24H,3H2,1-2H3,(H,23,25). The summed E-state index contributed by atoms with van der Waals surface area (Å²) in [4.78, 5) is 12.6. The van der Waals surface area contributed by atoms with Gasteiger partial charge in [-0.1, -0.05) is 43.3 Å². The molecule has 3 aromatic rings. The number of carbonyl (C=O) groups excluding carboxylic acids is 1. The first-order valence-electron chi connectivity index (χ1n) is 8.98. The normalized spacial score (nSPS) is 11.1. The summed E-state index contributed by atoms with van der Waals surface area (Å²) >= 11 is 0. The molecule has 1 amide bonds. The fourth-order valence-corrected chi connectivity index (χ4v) is 3.95. The van der Waals surface area contributed by atoms with E-state index in [0.29, 0.717) is 11.3 Å². The summed E-state index contributed by atoms with van der Waals surface area (Å²) in [6, 6.07) is 20.6. The summed E-state index contributed by atoms with van der Waals surface area (Å²) in [6.45, 7) is 3.85. The molecule has 0 aromatic heterocycles. The Morgan fingerprint density at radius 3 is 2.11 bits per heavy atom. The van der Waals surface area contributed by atoms with Gasteiger partial charge in [-0.25, -0.2) is 8.42 Å². The van der Waals surface area contributed by atoms with Crippen molar-refractivity contribution < 1.29 is 13.2 Å². The number of hydrogen-bond acceptors (Lipinski definition) is 3. The molecule has 3 aromatic carbocycles. The lowest BCUT2D eigenvalue weighted by molar-refractivity contribution is 0.102. The Balaban J connectivity index is 1.77. The topological polar surface area (TPSA) is 75.3 Å². The van der Waals surface area contributed by atoms with Crippen LogP contribution in [0.2, 0.25) is 0 Å². The van der Waals surface area contributed by atoms with Gasteiger partial charge in [0.1, 0.15) is 0 Å². The molecule has 3 rings (SSSR count). The Morgan fingerprint density at radius 1 is 0.857 bits per heavy atom. The number of nitrogens with one attached hydrogen (secondary N) is 2. The summed E-state index contributed by atoms with van der Waals surface area (Å²) in [5, 5.41) is 2.88. The van der Waals surface area contributed by atoms with Gasteiger partial charge in [0.2, 0.25) is 0 Å². The lowest BCUT2D eigenvalue weighted by Gasteiger charge is -2.12. The molecule has 0 fully saturated rings. The first-order valence-corrected chi connectivity index (χ1v) is 10.5. The predicted molar refractivity (Wildman–Crippen MR) is 112 cm³/mol. The zero-order valence-corrected chi connectivity index (χ0v) is 16.6. The molecule has 0 aliphatic carbocycles. The fraction of sp³-hybridized carbons (Fsp3) is 0.136. The van der Waals surface area contributed by atoms with E-state index in [1.54, 1.807) is 12.1 Å². The van der Waals surface area contributed by atoms with Crippen LogP contribution >= 0.6 is 0 Å². The summed E-state index contributed by atoms with van der Waals surface area (Å²) in [5.74, 6) is -0.281. The van der Waals surface area contributed by atoms with Gasteiger partial charge < -0.3 is 5.32 Å². The van der Waals surface area contributed by atoms with E-state index in [2.05, 4.69) is 10.0 Å². The highest BCUT2D eigenvalue weighted by Crippen LogP contribution is 2.21. The average Bonchev–Trinajstić information content (AvgIpc) is 2.70. The highest BCUT2D eigenvalue weighted by atomic mass is 32.2. The number of hydrogen-bond donors (Lipinski definition) is 2. The molecule has 0 aliphatic heterocycles. The highest BCUT2D eigenvalue weighted by Gasteiger charge is 2.16. The van der Waals surface area contributed by atoms with Crippen molar-refractivity contribution in [1.29, 1.82) is 0 Å². The molecule has 0 spiro atoms. The Morgan fingerprint density at radius 2 is 1.46 bits per heavy atom. The van der Waals surface area contributed by atoms with Gasteiger partial charge in [0.25, 0.3) is 15.9 Å². The summed E-state index contributed by atoms with van der Waals surface area (Å²) in [5.41, 5.74) is 3.54. The zero-order valence-electron chi connectivity index (χ0n) is 15.8. The van der Waals surface area contributed by atoms with Crippen LogP contribution in [-0.4, -0.2) is 14.3 Å². The van der Waals surface area contributed by atoms with E-state index >= 15 is 0 Å². The molecule has 0 heterocycles. The van der Waals surface area contributed by atoms with Crippen LogP contribution in [0.25, 0.3) is 0 Å². The molecule has 28 heavy (non-hydrogen) atoms. The third kappa shape index (κ3) is 4.40. The van der Waals surface area contributed by atoms with E-state index in [-0.39, 0.29) is 10.8 Å². The van der Waals surface area contributed by atoms with Crippen molar-refractivity contribution in [2.75, 3.05) is 10.0 Å². The molecule has 0 bridgehead atoms. The zero-order chi connectivity index (χ0) is 20.1. The number of anilines is 2. The van der Waals surface area contributed by atoms with Crippen molar-refractivity contribution >= 4 is 27.3 Å². The van der Waals surface area contributed by atoms with E-state index < -0.39 is 10.0 Å². The van der Waals surface area contributed by atoms with E-state index in [1.807, 2.05) is 50.2 Å². The van der Waals surface area contributed by atoms with Crippen molar-refractivity contribution in [3.05, 3.63) is 89.5 Å². The molecule has 0 atom stereocenters. The van der Waals surface area contributed by atoms with E-state index in [0.717, 1.165) is 23.2 Å². The van der Waals surface area contributed by atoms with Crippen molar-refractivity contribution in [3.8, 4) is 0 Å². The molecular weight excluding hydrogens is 372 g/mol. The molecule has 6 heteroatoms. The molecule has 5 nitrogen and oxygen atoms in total. The van der Waals surface area contributed by atoms with Gasteiger partial charge in [-0.2, -0.15) is 0 Å². The first-order chi connectivity index (χ1) is 13.4. The lowest BCUT2D eigenvalue weighted by Crippen LogP contribution is -2.15. The quantitative estimate of drug-likeness (QED) is 0.641.